The van der Waals surface area contributed by atoms with Gasteiger partial charge in [0.15, 0.2) is 0 Å². The van der Waals surface area contributed by atoms with Gasteiger partial charge in [-0.3, -0.25) is 4.79 Å². The van der Waals surface area contributed by atoms with E-state index in [0.717, 1.165) is 14.8 Å². The first-order valence-electron chi connectivity index (χ1n) is 6.43. The van der Waals surface area contributed by atoms with Crippen LogP contribution < -0.4 is 5.32 Å². The van der Waals surface area contributed by atoms with Gasteiger partial charge in [0, 0.05) is 10.1 Å². The molecule has 0 aromatic heterocycles. The zero-order valence-electron chi connectivity index (χ0n) is 11.5. The average Bonchev–Trinajstić information content (AvgIpc) is 2.50. The van der Waals surface area contributed by atoms with Gasteiger partial charge in [-0.05, 0) is 46.4 Å². The Morgan fingerprint density at radius 1 is 1.29 bits per heavy atom. The highest BCUT2D eigenvalue weighted by Crippen LogP contribution is 2.25. The topological polar surface area (TPSA) is 38.3 Å². The summed E-state index contributed by atoms with van der Waals surface area (Å²) in [4.78, 5) is 12.0. The van der Waals surface area contributed by atoms with E-state index in [1.807, 2.05) is 48.5 Å². The van der Waals surface area contributed by atoms with Crippen LogP contribution in [0.4, 0.5) is 5.69 Å². The van der Waals surface area contributed by atoms with Gasteiger partial charge in [-0.15, -0.1) is 0 Å². The summed E-state index contributed by atoms with van der Waals surface area (Å²) in [6.07, 6.45) is 0. The predicted octanol–water partition coefficient (Wildman–Crippen LogP) is 4.31. The number of methoxy groups -OCH3 is 1. The number of carbonyl (C=O) groups is 1. The first-order chi connectivity index (χ1) is 10.1. The fourth-order valence-corrected chi connectivity index (χ4v) is 2.93. The molecule has 0 radical (unpaired) electrons. The normalized spacial score (nSPS) is 11.8. The summed E-state index contributed by atoms with van der Waals surface area (Å²) in [6, 6.07) is 15.3. The molecule has 1 atom stereocenters. The molecule has 1 N–H and O–H groups in total. The Bertz CT molecular complexity index is 619. The molecule has 0 bridgehead atoms. The fraction of sp³-hybridized carbons (Fsp3) is 0.188. The van der Waals surface area contributed by atoms with Crippen LogP contribution >= 0.6 is 34.2 Å². The maximum absolute atomic E-state index is 12.0. The standard InChI is InChI=1S/C16H15ClINO2/c1-21-16(20)13(11-5-3-2-4-6-11)10-19-15-8-7-12(18)9-14(15)17/h2-9,13,19H,10H2,1H3. The summed E-state index contributed by atoms with van der Waals surface area (Å²) in [7, 11) is 1.40. The lowest BCUT2D eigenvalue weighted by molar-refractivity contribution is -0.142. The lowest BCUT2D eigenvalue weighted by atomic mass is 9.99. The number of halogens is 2. The molecule has 0 aliphatic heterocycles. The Morgan fingerprint density at radius 3 is 2.62 bits per heavy atom. The van der Waals surface area contributed by atoms with Crippen LogP contribution in [-0.4, -0.2) is 19.6 Å². The van der Waals surface area contributed by atoms with Crippen molar-refractivity contribution in [1.29, 1.82) is 0 Å². The largest absolute Gasteiger partial charge is 0.468 e. The molecule has 2 aromatic carbocycles. The number of esters is 1. The maximum Gasteiger partial charge on any atom is 0.314 e. The van der Waals surface area contributed by atoms with E-state index in [1.54, 1.807) is 0 Å². The van der Waals surface area contributed by atoms with Gasteiger partial charge in [-0.25, -0.2) is 0 Å². The van der Waals surface area contributed by atoms with Gasteiger partial charge < -0.3 is 10.1 Å². The molecule has 5 heteroatoms. The van der Waals surface area contributed by atoms with E-state index in [2.05, 4.69) is 27.9 Å². The van der Waals surface area contributed by atoms with Crippen LogP contribution in [0.25, 0.3) is 0 Å². The van der Waals surface area contributed by atoms with Gasteiger partial charge in [0.1, 0.15) is 0 Å². The molecule has 3 nitrogen and oxygen atoms in total. The van der Waals surface area contributed by atoms with Crippen molar-refractivity contribution in [1.82, 2.24) is 0 Å². The second-order valence-corrected chi connectivity index (χ2v) is 6.14. The van der Waals surface area contributed by atoms with Gasteiger partial charge in [0.2, 0.25) is 0 Å². The Hall–Kier alpha value is -1.27. The molecule has 0 aliphatic rings. The predicted molar refractivity (Wildman–Crippen MR) is 93.9 cm³/mol. The SMILES string of the molecule is COC(=O)C(CNc1ccc(I)cc1Cl)c1ccccc1. The molecule has 0 aliphatic carbocycles. The van der Waals surface area contributed by atoms with Gasteiger partial charge in [0.25, 0.3) is 0 Å². The van der Waals surface area contributed by atoms with Crippen molar-refractivity contribution in [2.24, 2.45) is 0 Å². The molecule has 21 heavy (non-hydrogen) atoms. The average molecular weight is 416 g/mol. The van der Waals surface area contributed by atoms with E-state index in [9.17, 15) is 4.79 Å². The van der Waals surface area contributed by atoms with E-state index >= 15 is 0 Å². The highest BCUT2D eigenvalue weighted by Gasteiger charge is 2.21. The molecule has 0 amide bonds. The minimum atomic E-state index is -0.369. The highest BCUT2D eigenvalue weighted by molar-refractivity contribution is 14.1. The number of carbonyl (C=O) groups excluding carboxylic acids is 1. The molecule has 2 rings (SSSR count). The van der Waals surface area contributed by atoms with E-state index in [1.165, 1.54) is 7.11 Å². The van der Waals surface area contributed by atoms with Gasteiger partial charge in [0.05, 0.1) is 23.7 Å². The minimum absolute atomic E-state index is 0.268. The van der Waals surface area contributed by atoms with Crippen LogP contribution in [0.5, 0.6) is 0 Å². The Kier molecular flexibility index (Phi) is 5.87. The molecular weight excluding hydrogens is 401 g/mol. The van der Waals surface area contributed by atoms with E-state index in [-0.39, 0.29) is 11.9 Å². The fourth-order valence-electron chi connectivity index (χ4n) is 2.01. The number of rotatable bonds is 5. The van der Waals surface area contributed by atoms with Gasteiger partial charge >= 0.3 is 5.97 Å². The summed E-state index contributed by atoms with van der Waals surface area (Å²) < 4.78 is 5.96. The lowest BCUT2D eigenvalue weighted by Gasteiger charge is -2.17. The third kappa shape index (κ3) is 4.35. The third-order valence-electron chi connectivity index (χ3n) is 3.12. The Balaban J connectivity index is 2.15. The highest BCUT2D eigenvalue weighted by atomic mass is 127. The van der Waals surface area contributed by atoms with Crippen LogP contribution in [-0.2, 0) is 9.53 Å². The van der Waals surface area contributed by atoms with Crippen molar-refractivity contribution in [3.05, 3.63) is 62.7 Å². The number of hydrogen-bond acceptors (Lipinski definition) is 3. The van der Waals surface area contributed by atoms with Crippen LogP contribution in [0, 0.1) is 3.57 Å². The summed E-state index contributed by atoms with van der Waals surface area (Å²) in [5.74, 6) is -0.637. The van der Waals surface area contributed by atoms with Crippen molar-refractivity contribution in [2.45, 2.75) is 5.92 Å². The van der Waals surface area contributed by atoms with Crippen molar-refractivity contribution in [3.63, 3.8) is 0 Å². The maximum atomic E-state index is 12.0. The van der Waals surface area contributed by atoms with Crippen LogP contribution in [0.15, 0.2) is 48.5 Å². The number of anilines is 1. The number of hydrogen-bond donors (Lipinski definition) is 1. The summed E-state index contributed by atoms with van der Waals surface area (Å²) in [5, 5.41) is 3.86. The van der Waals surface area contributed by atoms with E-state index in [0.29, 0.717) is 11.6 Å². The van der Waals surface area contributed by atoms with E-state index in [4.69, 9.17) is 16.3 Å². The zero-order valence-corrected chi connectivity index (χ0v) is 14.4. The second kappa shape index (κ2) is 7.66. The molecule has 0 spiro atoms. The minimum Gasteiger partial charge on any atom is -0.468 e. The van der Waals surface area contributed by atoms with Crippen LogP contribution in [0.1, 0.15) is 11.5 Å². The van der Waals surface area contributed by atoms with E-state index < -0.39 is 0 Å². The first kappa shape index (κ1) is 16.1. The number of benzene rings is 2. The molecule has 2 aromatic rings. The molecule has 0 saturated carbocycles. The third-order valence-corrected chi connectivity index (χ3v) is 4.10. The van der Waals surface area contributed by atoms with Crippen LogP contribution in [0.3, 0.4) is 0 Å². The molecule has 1 unspecified atom stereocenters. The number of ether oxygens (including phenoxy) is 1. The Labute approximate surface area is 142 Å². The van der Waals surface area contributed by atoms with Crippen molar-refractivity contribution in [2.75, 3.05) is 19.0 Å². The molecule has 0 heterocycles. The van der Waals surface area contributed by atoms with Gasteiger partial charge in [-0.1, -0.05) is 41.9 Å². The monoisotopic (exact) mass is 415 g/mol. The molecule has 0 fully saturated rings. The quantitative estimate of drug-likeness (QED) is 0.584. The Morgan fingerprint density at radius 2 is 2.00 bits per heavy atom. The first-order valence-corrected chi connectivity index (χ1v) is 7.89. The molecule has 0 saturated heterocycles. The van der Waals surface area contributed by atoms with Crippen LogP contribution in [0.2, 0.25) is 5.02 Å². The lowest BCUT2D eigenvalue weighted by Crippen LogP contribution is -2.22. The van der Waals surface area contributed by atoms with Crippen molar-refractivity contribution in [3.8, 4) is 0 Å². The summed E-state index contributed by atoms with van der Waals surface area (Å²) in [5.41, 5.74) is 1.72. The van der Waals surface area contributed by atoms with Crippen molar-refractivity contribution >= 4 is 45.8 Å². The summed E-state index contributed by atoms with van der Waals surface area (Å²) >= 11 is 8.39. The number of nitrogens with one attached hydrogen (secondary N) is 1. The molecular formula is C16H15ClINO2. The smallest absolute Gasteiger partial charge is 0.314 e. The van der Waals surface area contributed by atoms with Gasteiger partial charge in [-0.2, -0.15) is 0 Å². The zero-order chi connectivity index (χ0) is 15.2. The van der Waals surface area contributed by atoms with Crippen molar-refractivity contribution < 1.29 is 9.53 Å². The molecule has 110 valence electrons. The second-order valence-electron chi connectivity index (χ2n) is 4.49. The summed E-state index contributed by atoms with van der Waals surface area (Å²) in [6.45, 7) is 0.428.